The van der Waals surface area contributed by atoms with Gasteiger partial charge < -0.3 is 10.1 Å². The van der Waals surface area contributed by atoms with Crippen LogP contribution in [0.4, 0.5) is 0 Å². The number of carbonyl (C=O) groups excluding carboxylic acids is 1. The molecule has 17 heavy (non-hydrogen) atoms. The first-order chi connectivity index (χ1) is 8.17. The number of hydrogen-bond acceptors (Lipinski definition) is 2. The summed E-state index contributed by atoms with van der Waals surface area (Å²) in [4.78, 5) is 11.9. The molecule has 0 bridgehead atoms. The lowest BCUT2D eigenvalue weighted by atomic mass is 10.1. The standard InChI is InChI=1S/C13H18BrNO2/c1-10(4-3-9-14)15-13(16)11-5-7-12(17-2)8-6-11/h5-8,10H,3-4,9H2,1-2H3,(H,15,16). The second kappa shape index (κ2) is 7.33. The third-order valence-corrected chi connectivity index (χ3v) is 3.06. The molecule has 0 aliphatic carbocycles. The van der Waals surface area contributed by atoms with Gasteiger partial charge in [0.25, 0.3) is 5.91 Å². The number of ether oxygens (including phenoxy) is 1. The molecule has 1 rings (SSSR count). The van der Waals surface area contributed by atoms with Crippen LogP contribution in [0.3, 0.4) is 0 Å². The van der Waals surface area contributed by atoms with Crippen molar-refractivity contribution in [3.05, 3.63) is 29.8 Å². The molecule has 4 heteroatoms. The fraction of sp³-hybridized carbons (Fsp3) is 0.462. The molecule has 1 unspecified atom stereocenters. The maximum absolute atomic E-state index is 11.9. The van der Waals surface area contributed by atoms with Crippen LogP contribution >= 0.6 is 15.9 Å². The summed E-state index contributed by atoms with van der Waals surface area (Å²) in [6, 6.07) is 7.31. The average Bonchev–Trinajstić information content (AvgIpc) is 2.36. The van der Waals surface area contributed by atoms with Crippen LogP contribution in [-0.4, -0.2) is 24.4 Å². The van der Waals surface area contributed by atoms with Crippen molar-refractivity contribution in [2.45, 2.75) is 25.8 Å². The third kappa shape index (κ3) is 4.77. The van der Waals surface area contributed by atoms with Crippen molar-refractivity contribution in [1.82, 2.24) is 5.32 Å². The van der Waals surface area contributed by atoms with Crippen molar-refractivity contribution in [2.24, 2.45) is 0 Å². The zero-order valence-corrected chi connectivity index (χ0v) is 11.8. The van der Waals surface area contributed by atoms with E-state index in [-0.39, 0.29) is 11.9 Å². The van der Waals surface area contributed by atoms with Crippen molar-refractivity contribution < 1.29 is 9.53 Å². The summed E-state index contributed by atoms with van der Waals surface area (Å²) in [5.74, 6) is 0.726. The van der Waals surface area contributed by atoms with E-state index < -0.39 is 0 Å². The van der Waals surface area contributed by atoms with Gasteiger partial charge in [-0.25, -0.2) is 0 Å². The van der Waals surface area contributed by atoms with E-state index in [1.165, 1.54) is 0 Å². The summed E-state index contributed by atoms with van der Waals surface area (Å²) in [5, 5.41) is 3.94. The number of carbonyl (C=O) groups is 1. The normalized spacial score (nSPS) is 11.9. The second-order valence-electron chi connectivity index (χ2n) is 3.93. The molecule has 0 saturated carbocycles. The summed E-state index contributed by atoms with van der Waals surface area (Å²) in [5.41, 5.74) is 0.663. The number of halogens is 1. The van der Waals surface area contributed by atoms with Crippen LogP contribution in [0.25, 0.3) is 0 Å². The summed E-state index contributed by atoms with van der Waals surface area (Å²) >= 11 is 3.38. The van der Waals surface area contributed by atoms with Gasteiger partial charge in [0.1, 0.15) is 5.75 Å². The molecule has 0 spiro atoms. The largest absolute Gasteiger partial charge is 0.497 e. The Bertz CT molecular complexity index is 351. The van der Waals surface area contributed by atoms with Gasteiger partial charge in [-0.1, -0.05) is 15.9 Å². The monoisotopic (exact) mass is 299 g/mol. The van der Waals surface area contributed by atoms with Crippen molar-refractivity contribution in [3.8, 4) is 5.75 Å². The summed E-state index contributed by atoms with van der Waals surface area (Å²) in [6.07, 6.45) is 2.04. The van der Waals surface area contributed by atoms with E-state index in [0.29, 0.717) is 5.56 Å². The zero-order valence-electron chi connectivity index (χ0n) is 10.2. The summed E-state index contributed by atoms with van der Waals surface area (Å²) in [6.45, 7) is 2.02. The van der Waals surface area contributed by atoms with Gasteiger partial charge in [-0.15, -0.1) is 0 Å². The molecule has 0 aliphatic rings. The quantitative estimate of drug-likeness (QED) is 0.820. The van der Waals surface area contributed by atoms with Gasteiger partial charge in [0.05, 0.1) is 7.11 Å². The number of amides is 1. The molecule has 0 fully saturated rings. The number of methoxy groups -OCH3 is 1. The fourth-order valence-corrected chi connectivity index (χ4v) is 1.83. The van der Waals surface area contributed by atoms with Gasteiger partial charge in [-0.2, -0.15) is 0 Å². The Morgan fingerprint density at radius 3 is 2.59 bits per heavy atom. The second-order valence-corrected chi connectivity index (χ2v) is 4.73. The molecule has 1 aromatic carbocycles. The predicted molar refractivity (Wildman–Crippen MR) is 73.0 cm³/mol. The Morgan fingerprint density at radius 2 is 2.06 bits per heavy atom. The highest BCUT2D eigenvalue weighted by Gasteiger charge is 2.09. The van der Waals surface area contributed by atoms with Crippen LogP contribution < -0.4 is 10.1 Å². The number of nitrogens with one attached hydrogen (secondary N) is 1. The molecule has 0 radical (unpaired) electrons. The topological polar surface area (TPSA) is 38.3 Å². The maximum atomic E-state index is 11.9. The highest BCUT2D eigenvalue weighted by atomic mass is 79.9. The lowest BCUT2D eigenvalue weighted by Gasteiger charge is -2.13. The molecule has 3 nitrogen and oxygen atoms in total. The molecule has 0 aliphatic heterocycles. The van der Waals surface area contributed by atoms with Crippen LogP contribution in [0.15, 0.2) is 24.3 Å². The fourth-order valence-electron chi connectivity index (χ4n) is 1.51. The highest BCUT2D eigenvalue weighted by molar-refractivity contribution is 9.09. The first kappa shape index (κ1) is 14.0. The summed E-state index contributed by atoms with van der Waals surface area (Å²) < 4.78 is 5.05. The molecule has 1 aromatic rings. The van der Waals surface area contributed by atoms with E-state index in [2.05, 4.69) is 21.2 Å². The van der Waals surface area contributed by atoms with Crippen LogP contribution in [0.2, 0.25) is 0 Å². The molecule has 0 aromatic heterocycles. The number of rotatable bonds is 6. The number of alkyl halides is 1. The molecule has 94 valence electrons. The van der Waals surface area contributed by atoms with Gasteiger partial charge >= 0.3 is 0 Å². The molecule has 0 saturated heterocycles. The van der Waals surface area contributed by atoms with E-state index in [4.69, 9.17) is 4.74 Å². The molecule has 1 N–H and O–H groups in total. The Labute approximate surface area is 111 Å². The Balaban J connectivity index is 2.51. The van der Waals surface area contributed by atoms with Gasteiger partial charge in [0.15, 0.2) is 0 Å². The van der Waals surface area contributed by atoms with Crippen molar-refractivity contribution in [2.75, 3.05) is 12.4 Å². The Kier molecular flexibility index (Phi) is 6.05. The van der Waals surface area contributed by atoms with Crippen LogP contribution in [-0.2, 0) is 0 Å². The van der Waals surface area contributed by atoms with Crippen molar-refractivity contribution in [3.63, 3.8) is 0 Å². The van der Waals surface area contributed by atoms with E-state index in [9.17, 15) is 4.79 Å². The van der Waals surface area contributed by atoms with E-state index in [1.807, 2.05) is 6.92 Å². The molecular weight excluding hydrogens is 282 g/mol. The summed E-state index contributed by atoms with van der Waals surface area (Å²) in [7, 11) is 1.61. The average molecular weight is 300 g/mol. The molecule has 1 atom stereocenters. The smallest absolute Gasteiger partial charge is 0.251 e. The van der Waals surface area contributed by atoms with Gasteiger partial charge in [-0.05, 0) is 44.0 Å². The van der Waals surface area contributed by atoms with Gasteiger partial charge in [0.2, 0.25) is 0 Å². The highest BCUT2D eigenvalue weighted by Crippen LogP contribution is 2.11. The lowest BCUT2D eigenvalue weighted by molar-refractivity contribution is 0.0938. The van der Waals surface area contributed by atoms with Crippen LogP contribution in [0, 0.1) is 0 Å². The first-order valence-electron chi connectivity index (χ1n) is 5.68. The van der Waals surface area contributed by atoms with Crippen molar-refractivity contribution >= 4 is 21.8 Å². The van der Waals surface area contributed by atoms with E-state index in [0.717, 1.165) is 23.9 Å². The maximum Gasteiger partial charge on any atom is 0.251 e. The third-order valence-electron chi connectivity index (χ3n) is 2.50. The van der Waals surface area contributed by atoms with Gasteiger partial charge in [-0.3, -0.25) is 4.79 Å². The Morgan fingerprint density at radius 1 is 1.41 bits per heavy atom. The van der Waals surface area contributed by atoms with Crippen LogP contribution in [0.5, 0.6) is 5.75 Å². The molecular formula is C13H18BrNO2. The minimum Gasteiger partial charge on any atom is -0.497 e. The van der Waals surface area contributed by atoms with Crippen LogP contribution in [0.1, 0.15) is 30.1 Å². The van der Waals surface area contributed by atoms with E-state index in [1.54, 1.807) is 31.4 Å². The number of benzene rings is 1. The SMILES string of the molecule is COc1ccc(C(=O)NC(C)CCCBr)cc1. The molecule has 0 heterocycles. The molecule has 1 amide bonds. The number of hydrogen-bond donors (Lipinski definition) is 1. The lowest BCUT2D eigenvalue weighted by Crippen LogP contribution is -2.32. The zero-order chi connectivity index (χ0) is 12.7. The predicted octanol–water partition coefficient (Wildman–Crippen LogP) is 2.99. The van der Waals surface area contributed by atoms with E-state index >= 15 is 0 Å². The van der Waals surface area contributed by atoms with Crippen molar-refractivity contribution in [1.29, 1.82) is 0 Å². The Hall–Kier alpha value is -1.03. The minimum absolute atomic E-state index is 0.0327. The van der Waals surface area contributed by atoms with Gasteiger partial charge in [0, 0.05) is 16.9 Å². The first-order valence-corrected chi connectivity index (χ1v) is 6.80. The minimum atomic E-state index is -0.0327.